The lowest BCUT2D eigenvalue weighted by Crippen LogP contribution is -2.19. The molecule has 1 fully saturated rings. The van der Waals surface area contributed by atoms with Crippen LogP contribution in [0.25, 0.3) is 0 Å². The Balaban J connectivity index is 2.02. The van der Waals surface area contributed by atoms with Crippen molar-refractivity contribution in [2.45, 2.75) is 20.4 Å². The minimum Gasteiger partial charge on any atom is -0.506 e. The quantitative estimate of drug-likeness (QED) is 0.857. The van der Waals surface area contributed by atoms with Crippen LogP contribution in [0.1, 0.15) is 19.4 Å². The maximum atomic E-state index is 9.34. The summed E-state index contributed by atoms with van der Waals surface area (Å²) in [5, 5.41) is 9.79. The smallest absolute Gasteiger partial charge is 0.134 e. The molecule has 2 unspecified atom stereocenters. The molecule has 2 nitrogen and oxygen atoms in total. The number of hydrogen-bond donors (Lipinski definition) is 1. The van der Waals surface area contributed by atoms with Crippen LogP contribution in [0.4, 0.5) is 0 Å². The molecule has 1 heterocycles. The van der Waals surface area contributed by atoms with Gasteiger partial charge in [0, 0.05) is 19.6 Å². The highest BCUT2D eigenvalue weighted by Gasteiger charge is 2.25. The fourth-order valence-electron chi connectivity index (χ4n) is 2.29. The molecule has 0 radical (unpaired) electrons. The number of phenolic OH excluding ortho intramolecular Hbond substituents is 1. The second-order valence-electron chi connectivity index (χ2n) is 4.93. The Morgan fingerprint density at radius 2 is 1.94 bits per heavy atom. The number of nitrogens with zero attached hydrogens (tertiary/aromatic N) is 1. The molecule has 0 spiro atoms. The number of likely N-dealkylation sites (tertiary alicyclic amines) is 1. The van der Waals surface area contributed by atoms with Gasteiger partial charge in [-0.25, -0.2) is 0 Å². The van der Waals surface area contributed by atoms with Crippen molar-refractivity contribution in [3.05, 3.63) is 28.8 Å². The molecule has 2 rings (SSSR count). The van der Waals surface area contributed by atoms with E-state index in [2.05, 4.69) is 18.7 Å². The average Bonchev–Trinajstić information content (AvgIpc) is 2.52. The van der Waals surface area contributed by atoms with Gasteiger partial charge in [0.2, 0.25) is 0 Å². The van der Waals surface area contributed by atoms with Crippen molar-refractivity contribution in [1.29, 1.82) is 0 Å². The van der Waals surface area contributed by atoms with Gasteiger partial charge in [-0.1, -0.05) is 31.5 Å². The number of benzene rings is 1. The second kappa shape index (κ2) is 4.64. The van der Waals surface area contributed by atoms with E-state index in [0.717, 1.165) is 31.5 Å². The summed E-state index contributed by atoms with van der Waals surface area (Å²) in [6.07, 6.45) is 0. The van der Waals surface area contributed by atoms with E-state index in [0.29, 0.717) is 5.02 Å². The molecule has 1 aromatic rings. The van der Waals surface area contributed by atoms with Crippen LogP contribution in [0.15, 0.2) is 18.2 Å². The minimum absolute atomic E-state index is 0.161. The van der Waals surface area contributed by atoms with Gasteiger partial charge in [0.15, 0.2) is 0 Å². The van der Waals surface area contributed by atoms with Crippen LogP contribution in [0.3, 0.4) is 0 Å². The standard InChI is InChI=1S/C13H18ClNO/c1-9-6-15(7-10(9)2)8-11-3-4-13(16)12(14)5-11/h3-5,9-10,16H,6-8H2,1-2H3. The number of halogens is 1. The Kier molecular flexibility index (Phi) is 3.41. The number of rotatable bonds is 2. The third-order valence-corrected chi connectivity index (χ3v) is 3.78. The van der Waals surface area contributed by atoms with Gasteiger partial charge < -0.3 is 5.11 Å². The maximum absolute atomic E-state index is 9.34. The van der Waals surface area contributed by atoms with Crippen molar-refractivity contribution >= 4 is 11.6 Å². The van der Waals surface area contributed by atoms with Crippen molar-refractivity contribution in [3.63, 3.8) is 0 Å². The van der Waals surface area contributed by atoms with E-state index in [1.165, 1.54) is 5.56 Å². The van der Waals surface area contributed by atoms with E-state index in [1.54, 1.807) is 6.07 Å². The van der Waals surface area contributed by atoms with Crippen molar-refractivity contribution < 1.29 is 5.11 Å². The third-order valence-electron chi connectivity index (χ3n) is 3.48. The Morgan fingerprint density at radius 1 is 1.31 bits per heavy atom. The fourth-order valence-corrected chi connectivity index (χ4v) is 2.49. The van der Waals surface area contributed by atoms with Crippen molar-refractivity contribution in [1.82, 2.24) is 4.90 Å². The summed E-state index contributed by atoms with van der Waals surface area (Å²) in [5.74, 6) is 1.70. The molecule has 0 saturated carbocycles. The molecule has 0 aliphatic carbocycles. The predicted octanol–water partition coefficient (Wildman–Crippen LogP) is 3.13. The molecule has 1 N–H and O–H groups in total. The molecule has 1 saturated heterocycles. The van der Waals surface area contributed by atoms with Gasteiger partial charge >= 0.3 is 0 Å². The molecule has 1 aliphatic rings. The maximum Gasteiger partial charge on any atom is 0.134 e. The van der Waals surface area contributed by atoms with Gasteiger partial charge in [-0.3, -0.25) is 4.90 Å². The first kappa shape index (κ1) is 11.7. The van der Waals surface area contributed by atoms with Crippen LogP contribution in [0, 0.1) is 11.8 Å². The van der Waals surface area contributed by atoms with Crippen molar-refractivity contribution in [2.75, 3.05) is 13.1 Å². The zero-order chi connectivity index (χ0) is 11.7. The first-order chi connectivity index (χ1) is 7.56. The first-order valence-corrected chi connectivity index (χ1v) is 6.14. The normalized spacial score (nSPS) is 26.2. The molecule has 16 heavy (non-hydrogen) atoms. The average molecular weight is 240 g/mol. The van der Waals surface area contributed by atoms with E-state index in [4.69, 9.17) is 11.6 Å². The summed E-state index contributed by atoms with van der Waals surface area (Å²) in [6.45, 7) is 7.83. The third kappa shape index (κ3) is 2.50. The number of hydrogen-bond acceptors (Lipinski definition) is 2. The van der Waals surface area contributed by atoms with Crippen LogP contribution < -0.4 is 0 Å². The molecule has 88 valence electrons. The minimum atomic E-state index is 0.161. The summed E-state index contributed by atoms with van der Waals surface area (Å²) < 4.78 is 0. The fraction of sp³-hybridized carbons (Fsp3) is 0.538. The van der Waals surface area contributed by atoms with Gasteiger partial charge in [-0.05, 0) is 29.5 Å². The predicted molar refractivity (Wildman–Crippen MR) is 66.7 cm³/mol. The summed E-state index contributed by atoms with van der Waals surface area (Å²) in [7, 11) is 0. The molecule has 1 aromatic carbocycles. The van der Waals surface area contributed by atoms with E-state index >= 15 is 0 Å². The first-order valence-electron chi connectivity index (χ1n) is 5.76. The summed E-state index contributed by atoms with van der Waals surface area (Å²) >= 11 is 5.89. The molecule has 0 bridgehead atoms. The Hall–Kier alpha value is -0.730. The molecular weight excluding hydrogens is 222 g/mol. The van der Waals surface area contributed by atoms with Gasteiger partial charge in [-0.2, -0.15) is 0 Å². The van der Waals surface area contributed by atoms with Crippen LogP contribution in [-0.2, 0) is 6.54 Å². The summed E-state index contributed by atoms with van der Waals surface area (Å²) in [6, 6.07) is 5.46. The van der Waals surface area contributed by atoms with E-state index in [9.17, 15) is 5.11 Å². The van der Waals surface area contributed by atoms with Crippen molar-refractivity contribution in [2.24, 2.45) is 11.8 Å². The second-order valence-corrected chi connectivity index (χ2v) is 5.34. The van der Waals surface area contributed by atoms with E-state index in [1.807, 2.05) is 12.1 Å². The molecule has 0 amide bonds. The Labute approximate surface area is 102 Å². The van der Waals surface area contributed by atoms with E-state index < -0.39 is 0 Å². The highest BCUT2D eigenvalue weighted by atomic mass is 35.5. The van der Waals surface area contributed by atoms with E-state index in [-0.39, 0.29) is 5.75 Å². The monoisotopic (exact) mass is 239 g/mol. The van der Waals surface area contributed by atoms with Crippen molar-refractivity contribution in [3.8, 4) is 5.75 Å². The van der Waals surface area contributed by atoms with Gasteiger partial charge in [-0.15, -0.1) is 0 Å². The molecule has 3 heteroatoms. The zero-order valence-electron chi connectivity index (χ0n) is 9.78. The number of phenols is 1. The van der Waals surface area contributed by atoms with Crippen LogP contribution in [-0.4, -0.2) is 23.1 Å². The lowest BCUT2D eigenvalue weighted by molar-refractivity contribution is 0.316. The summed E-state index contributed by atoms with van der Waals surface area (Å²) in [4.78, 5) is 2.44. The van der Waals surface area contributed by atoms with Crippen LogP contribution in [0.2, 0.25) is 5.02 Å². The lowest BCUT2D eigenvalue weighted by Gasteiger charge is -2.15. The molecule has 2 atom stereocenters. The highest BCUT2D eigenvalue weighted by molar-refractivity contribution is 6.32. The molecule has 0 aromatic heterocycles. The highest BCUT2D eigenvalue weighted by Crippen LogP contribution is 2.27. The SMILES string of the molecule is CC1CN(Cc2ccc(O)c(Cl)c2)CC1C. The summed E-state index contributed by atoms with van der Waals surface area (Å²) in [5.41, 5.74) is 1.17. The van der Waals surface area contributed by atoms with Gasteiger partial charge in [0.25, 0.3) is 0 Å². The lowest BCUT2D eigenvalue weighted by atomic mass is 10.0. The van der Waals surface area contributed by atoms with Gasteiger partial charge in [0.05, 0.1) is 5.02 Å². The Bertz CT molecular complexity index is 370. The largest absolute Gasteiger partial charge is 0.506 e. The van der Waals surface area contributed by atoms with Gasteiger partial charge in [0.1, 0.15) is 5.75 Å². The van der Waals surface area contributed by atoms with Crippen LogP contribution in [0.5, 0.6) is 5.75 Å². The number of aromatic hydroxyl groups is 1. The topological polar surface area (TPSA) is 23.5 Å². The zero-order valence-corrected chi connectivity index (χ0v) is 10.5. The molecular formula is C13H18ClNO. The Morgan fingerprint density at radius 3 is 2.50 bits per heavy atom. The van der Waals surface area contributed by atoms with Crippen LogP contribution >= 0.6 is 11.6 Å². The molecule has 1 aliphatic heterocycles.